The first-order valence-electron chi connectivity index (χ1n) is 3.19. The van der Waals surface area contributed by atoms with Crippen molar-refractivity contribution in [1.82, 2.24) is 0 Å². The number of carbonyl (C=O) groups excluding carboxylic acids is 1. The van der Waals surface area contributed by atoms with E-state index in [9.17, 15) is 4.79 Å². The predicted octanol–water partition coefficient (Wildman–Crippen LogP) is 0.767. The number of terminal acetylenes is 1. The molecule has 0 saturated carbocycles. The van der Waals surface area contributed by atoms with Crippen LogP contribution in [0.1, 0.15) is 20.8 Å². The molecule has 2 heteroatoms. The van der Waals surface area contributed by atoms with Crippen molar-refractivity contribution in [1.29, 1.82) is 0 Å². The molecule has 0 saturated heterocycles. The highest BCUT2D eigenvalue weighted by molar-refractivity contribution is 5.77. The molecule has 0 rings (SSSR count). The van der Waals surface area contributed by atoms with E-state index in [1.54, 1.807) is 6.92 Å². The van der Waals surface area contributed by atoms with Crippen LogP contribution >= 0.6 is 0 Å². The lowest BCUT2D eigenvalue weighted by Gasteiger charge is -2.22. The summed E-state index contributed by atoms with van der Waals surface area (Å²) in [6.07, 6.45) is 5.19. The van der Waals surface area contributed by atoms with Crippen LogP contribution in [0.2, 0.25) is 0 Å². The van der Waals surface area contributed by atoms with Crippen LogP contribution in [-0.4, -0.2) is 5.91 Å². The molecular formula is C8H13NO. The minimum atomic E-state index is -0.425. The van der Waals surface area contributed by atoms with Gasteiger partial charge >= 0.3 is 0 Å². The zero-order chi connectivity index (χ0) is 8.36. The van der Waals surface area contributed by atoms with Gasteiger partial charge in [-0.1, -0.05) is 12.8 Å². The molecule has 0 aromatic heterocycles. The lowest BCUT2D eigenvalue weighted by atomic mass is 9.80. The highest BCUT2D eigenvalue weighted by Gasteiger charge is 2.27. The summed E-state index contributed by atoms with van der Waals surface area (Å²) in [6.45, 7) is 5.38. The lowest BCUT2D eigenvalue weighted by molar-refractivity contribution is -0.123. The SMILES string of the molecule is C#CC(C)(C)C(C)C(N)=O. The highest BCUT2D eigenvalue weighted by Crippen LogP contribution is 2.24. The van der Waals surface area contributed by atoms with Crippen LogP contribution in [0.5, 0.6) is 0 Å². The molecule has 0 aromatic rings. The van der Waals surface area contributed by atoms with E-state index in [1.165, 1.54) is 0 Å². The molecule has 2 nitrogen and oxygen atoms in total. The smallest absolute Gasteiger partial charge is 0.221 e. The van der Waals surface area contributed by atoms with Crippen LogP contribution in [0.4, 0.5) is 0 Å². The maximum absolute atomic E-state index is 10.6. The van der Waals surface area contributed by atoms with Gasteiger partial charge in [0.1, 0.15) is 0 Å². The first-order chi connectivity index (χ1) is 4.41. The number of rotatable bonds is 2. The van der Waals surface area contributed by atoms with Crippen molar-refractivity contribution in [3.05, 3.63) is 0 Å². The molecule has 0 radical (unpaired) electrons. The summed E-state index contributed by atoms with van der Waals surface area (Å²) in [5.74, 6) is 1.91. The maximum Gasteiger partial charge on any atom is 0.221 e. The summed E-state index contributed by atoms with van der Waals surface area (Å²) < 4.78 is 0. The fraction of sp³-hybridized carbons (Fsp3) is 0.625. The number of amides is 1. The van der Waals surface area contributed by atoms with E-state index in [-0.39, 0.29) is 11.8 Å². The highest BCUT2D eigenvalue weighted by atomic mass is 16.1. The number of primary amides is 1. The van der Waals surface area contributed by atoms with Crippen LogP contribution in [0.25, 0.3) is 0 Å². The van der Waals surface area contributed by atoms with Crippen molar-refractivity contribution in [2.75, 3.05) is 0 Å². The molecule has 0 bridgehead atoms. The van der Waals surface area contributed by atoms with Gasteiger partial charge in [0.25, 0.3) is 0 Å². The average Bonchev–Trinajstić information content (AvgIpc) is 1.86. The lowest BCUT2D eigenvalue weighted by Crippen LogP contribution is -2.32. The normalized spacial score (nSPS) is 13.8. The molecule has 0 heterocycles. The summed E-state index contributed by atoms with van der Waals surface area (Å²) in [4.78, 5) is 10.6. The molecule has 0 aromatic carbocycles. The molecule has 0 aliphatic carbocycles. The van der Waals surface area contributed by atoms with E-state index in [4.69, 9.17) is 12.2 Å². The van der Waals surface area contributed by atoms with Crippen molar-refractivity contribution in [3.8, 4) is 12.3 Å². The molecule has 1 unspecified atom stereocenters. The first-order valence-corrected chi connectivity index (χ1v) is 3.19. The molecule has 0 aliphatic heterocycles. The molecule has 0 aliphatic rings. The third-order valence-electron chi connectivity index (χ3n) is 1.88. The molecule has 0 fully saturated rings. The Morgan fingerprint density at radius 3 is 2.20 bits per heavy atom. The summed E-state index contributed by atoms with van der Waals surface area (Å²) in [7, 11) is 0. The van der Waals surface area contributed by atoms with Crippen molar-refractivity contribution in [3.63, 3.8) is 0 Å². The Balaban J connectivity index is 4.37. The molecular weight excluding hydrogens is 126 g/mol. The van der Waals surface area contributed by atoms with E-state index in [2.05, 4.69) is 5.92 Å². The quantitative estimate of drug-likeness (QED) is 0.564. The van der Waals surface area contributed by atoms with Gasteiger partial charge in [0, 0.05) is 5.41 Å². The van der Waals surface area contributed by atoms with Gasteiger partial charge in [0.05, 0.1) is 5.92 Å². The van der Waals surface area contributed by atoms with Gasteiger partial charge in [-0.2, -0.15) is 0 Å². The molecule has 1 atom stereocenters. The van der Waals surface area contributed by atoms with Crippen molar-refractivity contribution >= 4 is 5.91 Å². The Kier molecular flexibility index (Phi) is 2.48. The van der Waals surface area contributed by atoms with Crippen LogP contribution < -0.4 is 5.73 Å². The van der Waals surface area contributed by atoms with Crippen LogP contribution in [0.15, 0.2) is 0 Å². The minimum absolute atomic E-state index is 0.266. The third-order valence-corrected chi connectivity index (χ3v) is 1.88. The molecule has 0 spiro atoms. The minimum Gasteiger partial charge on any atom is -0.369 e. The molecule has 10 heavy (non-hydrogen) atoms. The summed E-state index contributed by atoms with van der Waals surface area (Å²) in [5, 5.41) is 0. The zero-order valence-electron chi connectivity index (χ0n) is 6.64. The number of hydrogen-bond acceptors (Lipinski definition) is 1. The second kappa shape index (κ2) is 2.74. The van der Waals surface area contributed by atoms with Gasteiger partial charge in [0.2, 0.25) is 5.91 Å². The van der Waals surface area contributed by atoms with Crippen LogP contribution in [0, 0.1) is 23.7 Å². The van der Waals surface area contributed by atoms with E-state index < -0.39 is 5.41 Å². The number of nitrogens with two attached hydrogens (primary N) is 1. The van der Waals surface area contributed by atoms with Gasteiger partial charge in [-0.05, 0) is 13.8 Å². The summed E-state index contributed by atoms with van der Waals surface area (Å²) in [5.41, 5.74) is 4.64. The molecule has 1 amide bonds. The Labute approximate surface area is 61.8 Å². The number of carbonyl (C=O) groups is 1. The fourth-order valence-electron chi connectivity index (χ4n) is 0.481. The standard InChI is InChI=1S/C8H13NO/c1-5-8(3,4)6(2)7(9)10/h1,6H,2-4H3,(H2,9,10). The van der Waals surface area contributed by atoms with E-state index >= 15 is 0 Å². The Morgan fingerprint density at radius 1 is 1.70 bits per heavy atom. The zero-order valence-corrected chi connectivity index (χ0v) is 6.64. The topological polar surface area (TPSA) is 43.1 Å². The second-order valence-corrected chi connectivity index (χ2v) is 2.99. The van der Waals surface area contributed by atoms with Gasteiger partial charge < -0.3 is 5.73 Å². The molecule has 2 N–H and O–H groups in total. The van der Waals surface area contributed by atoms with E-state index in [1.807, 2.05) is 13.8 Å². The van der Waals surface area contributed by atoms with E-state index in [0.29, 0.717) is 0 Å². The van der Waals surface area contributed by atoms with E-state index in [0.717, 1.165) is 0 Å². The largest absolute Gasteiger partial charge is 0.369 e. The predicted molar refractivity (Wildman–Crippen MR) is 41.0 cm³/mol. The van der Waals surface area contributed by atoms with Crippen LogP contribution in [0.3, 0.4) is 0 Å². The van der Waals surface area contributed by atoms with Crippen molar-refractivity contribution < 1.29 is 4.79 Å². The Hall–Kier alpha value is -0.970. The monoisotopic (exact) mass is 139 g/mol. The van der Waals surface area contributed by atoms with Gasteiger partial charge in [-0.15, -0.1) is 6.42 Å². The van der Waals surface area contributed by atoms with Gasteiger partial charge in [-0.25, -0.2) is 0 Å². The average molecular weight is 139 g/mol. The maximum atomic E-state index is 10.6. The van der Waals surface area contributed by atoms with Gasteiger partial charge in [0.15, 0.2) is 0 Å². The summed E-state index contributed by atoms with van der Waals surface area (Å²) in [6, 6.07) is 0. The fourth-order valence-corrected chi connectivity index (χ4v) is 0.481. The van der Waals surface area contributed by atoms with Crippen LogP contribution in [-0.2, 0) is 4.79 Å². The summed E-state index contributed by atoms with van der Waals surface area (Å²) >= 11 is 0. The Bertz CT molecular complexity index is 176. The number of hydrogen-bond donors (Lipinski definition) is 1. The van der Waals surface area contributed by atoms with Crippen molar-refractivity contribution in [2.45, 2.75) is 20.8 Å². The third kappa shape index (κ3) is 1.77. The van der Waals surface area contributed by atoms with Crippen molar-refractivity contribution in [2.24, 2.45) is 17.1 Å². The Morgan fingerprint density at radius 2 is 2.10 bits per heavy atom. The molecule has 56 valence electrons. The second-order valence-electron chi connectivity index (χ2n) is 2.99. The first kappa shape index (κ1) is 9.03. The van der Waals surface area contributed by atoms with Gasteiger partial charge in [-0.3, -0.25) is 4.79 Å².